The Morgan fingerprint density at radius 3 is 2.75 bits per heavy atom. The minimum atomic E-state index is -0.192. The molecule has 0 aromatic carbocycles. The maximum absolute atomic E-state index is 6.54. The molecule has 0 bridgehead atoms. The van der Waals surface area contributed by atoms with Crippen molar-refractivity contribution in [2.75, 3.05) is 31.2 Å². The zero-order valence-corrected chi connectivity index (χ0v) is 22.7. The van der Waals surface area contributed by atoms with Gasteiger partial charge in [-0.15, -0.1) is 0 Å². The number of rotatable bonds is 5. The fraction of sp³-hybridized carbons (Fsp3) is 0.630. The van der Waals surface area contributed by atoms with Gasteiger partial charge < -0.3 is 14.4 Å². The Bertz CT molecular complexity index is 1130. The summed E-state index contributed by atoms with van der Waals surface area (Å²) in [6.07, 6.45) is 7.88. The highest BCUT2D eigenvalue weighted by Gasteiger charge is 2.47. The molecule has 1 aliphatic carbocycles. The average molecular weight is 533 g/mol. The SMILES string of the molecule is Cc1cc(C2NNC3CCC(O[C@H](C)c4c(Cl)cnc(C)c4Cl)CC32)cnc1N1CC2(CCOC2)C1. The van der Waals surface area contributed by atoms with E-state index in [1.807, 2.05) is 13.8 Å². The maximum atomic E-state index is 6.54. The van der Waals surface area contributed by atoms with Crippen LogP contribution < -0.4 is 15.8 Å². The Kier molecular flexibility index (Phi) is 6.68. The lowest BCUT2D eigenvalue weighted by molar-refractivity contribution is -0.0370. The van der Waals surface area contributed by atoms with Crippen LogP contribution in [-0.4, -0.2) is 48.4 Å². The van der Waals surface area contributed by atoms with Crippen molar-refractivity contribution >= 4 is 29.0 Å². The zero-order chi connectivity index (χ0) is 25.0. The summed E-state index contributed by atoms with van der Waals surface area (Å²) in [6, 6.07) is 2.95. The first-order valence-corrected chi connectivity index (χ1v) is 13.9. The van der Waals surface area contributed by atoms with Crippen LogP contribution >= 0.6 is 23.2 Å². The molecule has 2 aromatic rings. The molecular weight excluding hydrogens is 497 g/mol. The highest BCUT2D eigenvalue weighted by Crippen LogP contribution is 2.44. The number of hydrogen-bond acceptors (Lipinski definition) is 7. The lowest BCUT2D eigenvalue weighted by Gasteiger charge is -2.48. The molecule has 5 atom stereocenters. The average Bonchev–Trinajstić information content (AvgIpc) is 3.48. The predicted octanol–water partition coefficient (Wildman–Crippen LogP) is 5.09. The van der Waals surface area contributed by atoms with Crippen molar-refractivity contribution < 1.29 is 9.47 Å². The van der Waals surface area contributed by atoms with Gasteiger partial charge in [0.2, 0.25) is 0 Å². The summed E-state index contributed by atoms with van der Waals surface area (Å²) < 4.78 is 12.2. The molecule has 3 aliphatic heterocycles. The summed E-state index contributed by atoms with van der Waals surface area (Å²) >= 11 is 13.0. The number of hydrazine groups is 1. The normalized spacial score (nSPS) is 29.9. The van der Waals surface area contributed by atoms with E-state index in [1.54, 1.807) is 6.20 Å². The van der Waals surface area contributed by atoms with Crippen molar-refractivity contribution in [1.82, 2.24) is 20.8 Å². The number of anilines is 1. The summed E-state index contributed by atoms with van der Waals surface area (Å²) in [5.41, 5.74) is 11.5. The second-order valence-electron chi connectivity index (χ2n) is 11.2. The smallest absolute Gasteiger partial charge is 0.131 e. The predicted molar refractivity (Wildman–Crippen MR) is 141 cm³/mol. The van der Waals surface area contributed by atoms with Crippen molar-refractivity contribution in [3.63, 3.8) is 0 Å². The van der Waals surface area contributed by atoms with Crippen LogP contribution in [0.5, 0.6) is 0 Å². The van der Waals surface area contributed by atoms with Gasteiger partial charge in [0, 0.05) is 49.1 Å². The van der Waals surface area contributed by atoms with Crippen molar-refractivity contribution in [1.29, 1.82) is 0 Å². The van der Waals surface area contributed by atoms with E-state index in [9.17, 15) is 0 Å². The first-order valence-electron chi connectivity index (χ1n) is 13.1. The van der Waals surface area contributed by atoms with E-state index < -0.39 is 0 Å². The van der Waals surface area contributed by atoms with Gasteiger partial charge in [-0.25, -0.2) is 10.4 Å². The highest BCUT2D eigenvalue weighted by atomic mass is 35.5. The van der Waals surface area contributed by atoms with Crippen molar-refractivity contribution in [3.05, 3.63) is 50.9 Å². The number of nitrogens with zero attached hydrogens (tertiary/aromatic N) is 3. The Labute approximate surface area is 223 Å². The van der Waals surface area contributed by atoms with Gasteiger partial charge in [-0.05, 0) is 69.6 Å². The Hall–Kier alpha value is -1.48. The third-order valence-electron chi connectivity index (χ3n) is 8.66. The van der Waals surface area contributed by atoms with Crippen molar-refractivity contribution in [2.24, 2.45) is 11.3 Å². The van der Waals surface area contributed by atoms with Crippen LogP contribution in [0.1, 0.15) is 67.1 Å². The highest BCUT2D eigenvalue weighted by molar-refractivity contribution is 6.36. The Morgan fingerprint density at radius 2 is 2.00 bits per heavy atom. The lowest BCUT2D eigenvalue weighted by Crippen LogP contribution is -2.57. The van der Waals surface area contributed by atoms with E-state index >= 15 is 0 Å². The van der Waals surface area contributed by atoms with Crippen molar-refractivity contribution in [3.8, 4) is 0 Å². The molecule has 2 aromatic heterocycles. The van der Waals surface area contributed by atoms with Gasteiger partial charge in [0.15, 0.2) is 0 Å². The Balaban J connectivity index is 1.13. The summed E-state index contributed by atoms with van der Waals surface area (Å²) in [5, 5.41) is 1.16. The monoisotopic (exact) mass is 531 g/mol. The van der Waals surface area contributed by atoms with E-state index in [1.165, 1.54) is 17.5 Å². The number of halogens is 2. The molecule has 0 amide bonds. The summed E-state index contributed by atoms with van der Waals surface area (Å²) in [7, 11) is 0. The van der Waals surface area contributed by atoms with Gasteiger partial charge in [-0.3, -0.25) is 10.4 Å². The molecule has 9 heteroatoms. The summed E-state index contributed by atoms with van der Waals surface area (Å²) in [4.78, 5) is 11.6. The molecule has 7 nitrogen and oxygen atoms in total. The third kappa shape index (κ3) is 4.42. The zero-order valence-electron chi connectivity index (χ0n) is 21.2. The summed E-state index contributed by atoms with van der Waals surface area (Å²) in [5.74, 6) is 1.54. The number of fused-ring (bicyclic) bond motifs is 1. The van der Waals surface area contributed by atoms with Gasteiger partial charge >= 0.3 is 0 Å². The van der Waals surface area contributed by atoms with Crippen LogP contribution in [0.2, 0.25) is 10.0 Å². The molecular formula is C27H35Cl2N5O2. The van der Waals surface area contributed by atoms with Crippen LogP contribution in [0.3, 0.4) is 0 Å². The molecule has 36 heavy (non-hydrogen) atoms. The lowest BCUT2D eigenvalue weighted by atomic mass is 9.78. The van der Waals surface area contributed by atoms with Crippen molar-refractivity contribution in [2.45, 2.75) is 70.7 Å². The fourth-order valence-corrected chi connectivity index (χ4v) is 7.33. The topological polar surface area (TPSA) is 71.5 Å². The number of ether oxygens (including phenoxy) is 2. The van der Waals surface area contributed by atoms with Gasteiger partial charge in [0.1, 0.15) is 5.82 Å². The number of pyridine rings is 2. The van der Waals surface area contributed by atoms with Crippen LogP contribution in [-0.2, 0) is 9.47 Å². The molecule has 194 valence electrons. The first kappa shape index (κ1) is 24.8. The summed E-state index contributed by atoms with van der Waals surface area (Å²) in [6.45, 7) is 10.00. The molecule has 2 N–H and O–H groups in total. The molecule has 1 spiro atoms. The maximum Gasteiger partial charge on any atom is 0.131 e. The van der Waals surface area contributed by atoms with E-state index in [4.69, 9.17) is 37.7 Å². The van der Waals surface area contributed by atoms with Gasteiger partial charge in [0.05, 0.1) is 40.6 Å². The third-order valence-corrected chi connectivity index (χ3v) is 9.44. The number of aromatic nitrogens is 2. The van der Waals surface area contributed by atoms with Gasteiger partial charge in [-0.2, -0.15) is 0 Å². The Morgan fingerprint density at radius 1 is 1.17 bits per heavy atom. The van der Waals surface area contributed by atoms with Gasteiger partial charge in [-0.1, -0.05) is 23.2 Å². The molecule has 5 heterocycles. The molecule has 6 rings (SSSR count). The minimum Gasteiger partial charge on any atom is -0.381 e. The van der Waals surface area contributed by atoms with Crippen LogP contribution in [0, 0.1) is 25.2 Å². The molecule has 4 fully saturated rings. The number of aryl methyl sites for hydroxylation is 2. The van der Waals surface area contributed by atoms with Gasteiger partial charge in [0.25, 0.3) is 0 Å². The second-order valence-corrected chi connectivity index (χ2v) is 12.0. The number of nitrogens with one attached hydrogen (secondary N) is 2. The molecule has 0 radical (unpaired) electrons. The van der Waals surface area contributed by atoms with Crippen LogP contribution in [0.4, 0.5) is 5.82 Å². The molecule has 4 unspecified atom stereocenters. The quantitative estimate of drug-likeness (QED) is 0.556. The fourth-order valence-electron chi connectivity index (χ4n) is 6.68. The van der Waals surface area contributed by atoms with E-state index in [2.05, 4.69) is 39.9 Å². The second kappa shape index (κ2) is 9.68. The molecule has 3 saturated heterocycles. The molecule has 4 aliphatic rings. The van der Waals surface area contributed by atoms with E-state index in [-0.39, 0.29) is 18.2 Å². The van der Waals surface area contributed by atoms with E-state index in [0.717, 1.165) is 62.6 Å². The van der Waals surface area contributed by atoms with E-state index in [0.29, 0.717) is 27.4 Å². The van der Waals surface area contributed by atoms with Crippen LogP contribution in [0.25, 0.3) is 0 Å². The minimum absolute atomic E-state index is 0.144. The van der Waals surface area contributed by atoms with Crippen LogP contribution in [0.15, 0.2) is 18.5 Å². The number of hydrogen-bond donors (Lipinski definition) is 2. The largest absolute Gasteiger partial charge is 0.381 e. The first-order chi connectivity index (χ1) is 17.3. The molecule has 1 saturated carbocycles. The standard InChI is InChI=1S/C27H35Cl2N5O2/c1-15-8-18(10-31-26(15)34-12-27(13-34)6-7-35-14-27)25-20-9-19(4-5-22(20)32-33-25)36-17(3)23-21(28)11-30-16(2)24(23)29/h8,10-11,17,19-20,22,25,32-33H,4-7,9,12-14H2,1-3H3/t17-,19?,20?,22?,25?/m1/s1.